The smallest absolute Gasteiger partial charge is 0.420 e. The molecule has 1 aromatic heterocycles. The molecule has 0 amide bonds. The molecule has 0 N–H and O–H groups in total. The van der Waals surface area contributed by atoms with Gasteiger partial charge in [0.15, 0.2) is 5.58 Å². The second-order valence-electron chi connectivity index (χ2n) is 5.83. The molecule has 0 bridgehead atoms. The molecule has 0 radical (unpaired) electrons. The van der Waals surface area contributed by atoms with Gasteiger partial charge in [-0.05, 0) is 35.7 Å². The number of benzene rings is 2. The quantitative estimate of drug-likeness (QED) is 0.599. The molecule has 3 aromatic rings. The number of oxazole rings is 1. The highest BCUT2D eigenvalue weighted by Crippen LogP contribution is 2.37. The summed E-state index contributed by atoms with van der Waals surface area (Å²) in [5, 5.41) is 0. The molecule has 24 heavy (non-hydrogen) atoms. The van der Waals surface area contributed by atoms with Crippen LogP contribution in [-0.2, 0) is 6.18 Å². The number of carbonyl (C=O) groups is 1. The largest absolute Gasteiger partial charge is 0.435 e. The van der Waals surface area contributed by atoms with Gasteiger partial charge in [0.05, 0.1) is 0 Å². The Morgan fingerprint density at radius 3 is 2.54 bits per heavy atom. The zero-order chi connectivity index (χ0) is 17.5. The Hall–Kier alpha value is -2.63. The second-order valence-corrected chi connectivity index (χ2v) is 5.83. The van der Waals surface area contributed by atoms with Crippen LogP contribution >= 0.6 is 0 Å². The molecular weight excluding hydrogens is 319 g/mol. The van der Waals surface area contributed by atoms with Crippen molar-refractivity contribution in [3.63, 3.8) is 0 Å². The highest BCUT2D eigenvalue weighted by Gasteiger charge is 2.35. The maximum atomic E-state index is 13.2. The van der Waals surface area contributed by atoms with Crippen LogP contribution < -0.4 is 0 Å². The fraction of sp³-hybridized carbons (Fsp3) is 0.222. The SMILES string of the molecule is CC(C)c1cccc(-c2nc3cc(C=O)cc(C(F)(F)F)c3o2)c1. The lowest BCUT2D eigenvalue weighted by molar-refractivity contribution is -0.136. The summed E-state index contributed by atoms with van der Waals surface area (Å²) < 4.78 is 45.0. The van der Waals surface area contributed by atoms with E-state index in [1.54, 1.807) is 12.1 Å². The van der Waals surface area contributed by atoms with E-state index in [0.29, 0.717) is 11.8 Å². The van der Waals surface area contributed by atoms with Gasteiger partial charge in [-0.25, -0.2) is 4.98 Å². The lowest BCUT2D eigenvalue weighted by Gasteiger charge is -2.07. The summed E-state index contributed by atoms with van der Waals surface area (Å²) in [6.45, 7) is 4.03. The Kier molecular flexibility index (Phi) is 3.91. The Bertz CT molecular complexity index is 910. The monoisotopic (exact) mass is 333 g/mol. The zero-order valence-electron chi connectivity index (χ0n) is 13.0. The Labute approximate surface area is 136 Å². The molecule has 124 valence electrons. The van der Waals surface area contributed by atoms with E-state index in [1.165, 1.54) is 6.07 Å². The van der Waals surface area contributed by atoms with Crippen LogP contribution in [0.15, 0.2) is 40.8 Å². The fourth-order valence-electron chi connectivity index (χ4n) is 2.49. The third-order valence-electron chi connectivity index (χ3n) is 3.75. The minimum absolute atomic E-state index is 0.0110. The number of fused-ring (bicyclic) bond motifs is 1. The van der Waals surface area contributed by atoms with Gasteiger partial charge in [0.2, 0.25) is 5.89 Å². The first-order valence-electron chi connectivity index (χ1n) is 7.37. The standard InChI is InChI=1S/C18H14F3NO2/c1-10(2)12-4-3-5-13(8-12)17-22-15-7-11(9-23)6-14(16(15)24-17)18(19,20)21/h3-10H,1-2H3. The van der Waals surface area contributed by atoms with E-state index in [0.717, 1.165) is 11.6 Å². The number of nitrogens with zero attached hydrogens (tertiary/aromatic N) is 1. The van der Waals surface area contributed by atoms with Crippen LogP contribution in [0, 0.1) is 0 Å². The molecule has 3 rings (SSSR count). The maximum Gasteiger partial charge on any atom is 0.420 e. The fourth-order valence-corrected chi connectivity index (χ4v) is 2.49. The lowest BCUT2D eigenvalue weighted by atomic mass is 10.0. The van der Waals surface area contributed by atoms with Crippen LogP contribution in [0.5, 0.6) is 0 Å². The van der Waals surface area contributed by atoms with E-state index < -0.39 is 11.7 Å². The summed E-state index contributed by atoms with van der Waals surface area (Å²) in [6.07, 6.45) is -4.27. The third-order valence-corrected chi connectivity index (χ3v) is 3.75. The van der Waals surface area contributed by atoms with E-state index in [9.17, 15) is 18.0 Å². The van der Waals surface area contributed by atoms with Crippen molar-refractivity contribution in [2.24, 2.45) is 0 Å². The van der Waals surface area contributed by atoms with E-state index in [-0.39, 0.29) is 28.5 Å². The average Bonchev–Trinajstić information content (AvgIpc) is 2.96. The van der Waals surface area contributed by atoms with Crippen LogP contribution in [0.4, 0.5) is 13.2 Å². The molecule has 0 fully saturated rings. The number of rotatable bonds is 3. The summed E-state index contributed by atoms with van der Waals surface area (Å²) in [5.74, 6) is 0.364. The van der Waals surface area contributed by atoms with E-state index in [1.807, 2.05) is 26.0 Å². The van der Waals surface area contributed by atoms with Gasteiger partial charge in [-0.2, -0.15) is 13.2 Å². The number of halogens is 3. The molecule has 0 spiro atoms. The number of alkyl halides is 3. The summed E-state index contributed by atoms with van der Waals surface area (Å²) in [7, 11) is 0. The first-order valence-corrected chi connectivity index (χ1v) is 7.37. The lowest BCUT2D eigenvalue weighted by Crippen LogP contribution is -2.06. The highest BCUT2D eigenvalue weighted by molar-refractivity contribution is 5.87. The first-order chi connectivity index (χ1) is 11.3. The molecule has 0 aliphatic carbocycles. The molecule has 0 aliphatic rings. The number of aldehydes is 1. The summed E-state index contributed by atoms with van der Waals surface area (Å²) in [5.41, 5.74) is 0.180. The van der Waals surface area contributed by atoms with Crippen molar-refractivity contribution in [2.75, 3.05) is 0 Å². The average molecular weight is 333 g/mol. The molecule has 2 aromatic carbocycles. The Morgan fingerprint density at radius 1 is 1.17 bits per heavy atom. The molecule has 6 heteroatoms. The third kappa shape index (κ3) is 2.91. The van der Waals surface area contributed by atoms with Crippen molar-refractivity contribution >= 4 is 17.4 Å². The molecule has 1 heterocycles. The van der Waals surface area contributed by atoms with Crippen molar-refractivity contribution in [3.05, 3.63) is 53.1 Å². The Balaban J connectivity index is 2.21. The van der Waals surface area contributed by atoms with Gasteiger partial charge < -0.3 is 4.42 Å². The van der Waals surface area contributed by atoms with Crippen LogP contribution in [-0.4, -0.2) is 11.3 Å². The van der Waals surface area contributed by atoms with Crippen molar-refractivity contribution < 1.29 is 22.4 Å². The number of aromatic nitrogens is 1. The number of hydrogen-bond donors (Lipinski definition) is 0. The first kappa shape index (κ1) is 16.2. The normalized spacial score (nSPS) is 12.1. The predicted octanol–water partition coefficient (Wildman–Crippen LogP) is 5.45. The molecule has 0 unspecified atom stereocenters. The molecule has 0 saturated heterocycles. The molecule has 0 atom stereocenters. The van der Waals surface area contributed by atoms with Gasteiger partial charge in [-0.1, -0.05) is 26.0 Å². The van der Waals surface area contributed by atoms with Gasteiger partial charge in [-0.3, -0.25) is 4.79 Å². The van der Waals surface area contributed by atoms with Crippen molar-refractivity contribution in [3.8, 4) is 11.5 Å². The minimum Gasteiger partial charge on any atom is -0.435 e. The highest BCUT2D eigenvalue weighted by atomic mass is 19.4. The van der Waals surface area contributed by atoms with Crippen LogP contribution in [0.2, 0.25) is 0 Å². The Morgan fingerprint density at radius 2 is 1.92 bits per heavy atom. The van der Waals surface area contributed by atoms with Crippen molar-refractivity contribution in [1.82, 2.24) is 4.98 Å². The van der Waals surface area contributed by atoms with Crippen molar-refractivity contribution in [2.45, 2.75) is 25.9 Å². The van der Waals surface area contributed by atoms with Gasteiger partial charge in [0, 0.05) is 11.1 Å². The number of hydrogen-bond acceptors (Lipinski definition) is 3. The van der Waals surface area contributed by atoms with E-state index in [4.69, 9.17) is 4.42 Å². The summed E-state index contributed by atoms with van der Waals surface area (Å²) in [6, 6.07) is 9.36. The molecule has 0 aliphatic heterocycles. The van der Waals surface area contributed by atoms with Gasteiger partial charge in [0.1, 0.15) is 17.4 Å². The summed E-state index contributed by atoms with van der Waals surface area (Å²) >= 11 is 0. The number of carbonyl (C=O) groups excluding carboxylic acids is 1. The zero-order valence-corrected chi connectivity index (χ0v) is 13.0. The van der Waals surface area contributed by atoms with Crippen LogP contribution in [0.3, 0.4) is 0 Å². The molecular formula is C18H14F3NO2. The predicted molar refractivity (Wildman–Crippen MR) is 83.9 cm³/mol. The van der Waals surface area contributed by atoms with Gasteiger partial charge in [-0.15, -0.1) is 0 Å². The van der Waals surface area contributed by atoms with Crippen molar-refractivity contribution in [1.29, 1.82) is 0 Å². The van der Waals surface area contributed by atoms with E-state index >= 15 is 0 Å². The summed E-state index contributed by atoms with van der Waals surface area (Å²) in [4.78, 5) is 15.0. The van der Waals surface area contributed by atoms with Gasteiger partial charge in [0.25, 0.3) is 0 Å². The molecule has 3 nitrogen and oxygen atoms in total. The van der Waals surface area contributed by atoms with E-state index in [2.05, 4.69) is 4.98 Å². The maximum absolute atomic E-state index is 13.2. The van der Waals surface area contributed by atoms with Gasteiger partial charge >= 0.3 is 6.18 Å². The van der Waals surface area contributed by atoms with Crippen LogP contribution in [0.1, 0.15) is 41.3 Å². The topological polar surface area (TPSA) is 43.1 Å². The minimum atomic E-state index is -4.63. The second kappa shape index (κ2) is 5.78. The van der Waals surface area contributed by atoms with Crippen LogP contribution in [0.25, 0.3) is 22.6 Å². The molecule has 0 saturated carbocycles.